The number of nitrogens with zero attached hydrogens (tertiary/aromatic N) is 1. The molecule has 0 amide bonds. The second kappa shape index (κ2) is 2.62. The van der Waals surface area contributed by atoms with Crippen LogP contribution in [0.2, 0.25) is 0 Å². The highest BCUT2D eigenvalue weighted by Crippen LogP contribution is 2.40. The predicted octanol–water partition coefficient (Wildman–Crippen LogP) is 1.06. The van der Waals surface area contributed by atoms with Crippen LogP contribution in [0.4, 0.5) is 5.82 Å². The molecule has 0 unspecified atom stereocenters. The van der Waals surface area contributed by atoms with Crippen LogP contribution in [0.15, 0.2) is 11.3 Å². The molecular weight excluding hydrogens is 194 g/mol. The van der Waals surface area contributed by atoms with Crippen molar-refractivity contribution in [3.05, 3.63) is 22.5 Å². The molecule has 2 aliphatic heterocycles. The number of ether oxygens (including phenoxy) is 1. The minimum absolute atomic E-state index is 0.0602. The number of carbonyl (C=O) groups excluding carboxylic acids is 1. The lowest BCUT2D eigenvalue weighted by molar-refractivity contribution is -0.136. The molecular formula is C10H11N3O2. The van der Waals surface area contributed by atoms with Gasteiger partial charge >= 0.3 is 5.97 Å². The zero-order chi connectivity index (χ0) is 10.6. The first-order valence-electron chi connectivity index (χ1n) is 4.90. The summed E-state index contributed by atoms with van der Waals surface area (Å²) in [5, 5.41) is 10.2. The Morgan fingerprint density at radius 2 is 2.33 bits per heavy atom. The molecule has 2 N–H and O–H groups in total. The zero-order valence-corrected chi connectivity index (χ0v) is 8.55. The standard InChI is InChI=1S/C10H11N3O2/c1-4-7-5(2)12-13-9(7)11-6-3-15-10(14)8(4)6/h4H,3H2,1-2H3,(H2,11,12,13)/t4-/m0/s1. The Morgan fingerprint density at radius 1 is 1.53 bits per heavy atom. The third-order valence-corrected chi connectivity index (χ3v) is 3.02. The van der Waals surface area contributed by atoms with Crippen molar-refractivity contribution in [2.24, 2.45) is 0 Å². The van der Waals surface area contributed by atoms with Crippen LogP contribution in [0, 0.1) is 6.92 Å². The molecule has 2 aliphatic rings. The highest BCUT2D eigenvalue weighted by molar-refractivity contribution is 5.95. The fourth-order valence-corrected chi connectivity index (χ4v) is 2.31. The van der Waals surface area contributed by atoms with Crippen LogP contribution in [0.1, 0.15) is 24.1 Å². The first kappa shape index (κ1) is 8.52. The fourth-order valence-electron chi connectivity index (χ4n) is 2.31. The lowest BCUT2D eigenvalue weighted by Gasteiger charge is -2.19. The van der Waals surface area contributed by atoms with Gasteiger partial charge in [-0.15, -0.1) is 0 Å². The number of cyclic esters (lactones) is 1. The van der Waals surface area contributed by atoms with Crippen LogP contribution in [0.5, 0.6) is 0 Å². The maximum atomic E-state index is 11.5. The number of anilines is 1. The van der Waals surface area contributed by atoms with E-state index in [4.69, 9.17) is 4.74 Å². The molecule has 5 nitrogen and oxygen atoms in total. The summed E-state index contributed by atoms with van der Waals surface area (Å²) in [7, 11) is 0. The summed E-state index contributed by atoms with van der Waals surface area (Å²) in [4.78, 5) is 11.5. The number of carbonyl (C=O) groups is 1. The smallest absolute Gasteiger partial charge is 0.336 e. The molecule has 0 aliphatic carbocycles. The Bertz CT molecular complexity index is 487. The maximum absolute atomic E-state index is 11.5. The van der Waals surface area contributed by atoms with Gasteiger partial charge in [-0.25, -0.2) is 4.79 Å². The molecule has 3 rings (SSSR count). The van der Waals surface area contributed by atoms with Gasteiger partial charge in [0.2, 0.25) is 0 Å². The van der Waals surface area contributed by atoms with E-state index in [2.05, 4.69) is 15.5 Å². The molecule has 0 aromatic carbocycles. The number of aromatic amines is 1. The minimum Gasteiger partial charge on any atom is -0.456 e. The lowest BCUT2D eigenvalue weighted by atomic mass is 9.89. The van der Waals surface area contributed by atoms with Crippen LogP contribution in [0.25, 0.3) is 0 Å². The van der Waals surface area contributed by atoms with Gasteiger partial charge < -0.3 is 10.1 Å². The van der Waals surface area contributed by atoms with Crippen molar-refractivity contribution >= 4 is 11.8 Å². The quantitative estimate of drug-likeness (QED) is 0.621. The Labute approximate surface area is 86.5 Å². The molecule has 0 saturated carbocycles. The predicted molar refractivity (Wildman–Crippen MR) is 53.3 cm³/mol. The second-order valence-corrected chi connectivity index (χ2v) is 3.93. The van der Waals surface area contributed by atoms with E-state index >= 15 is 0 Å². The number of aryl methyl sites for hydroxylation is 1. The molecule has 0 saturated heterocycles. The molecule has 1 aromatic heterocycles. The minimum atomic E-state index is -0.212. The van der Waals surface area contributed by atoms with Crippen molar-refractivity contribution in [3.63, 3.8) is 0 Å². The van der Waals surface area contributed by atoms with Gasteiger partial charge in [0.1, 0.15) is 6.61 Å². The summed E-state index contributed by atoms with van der Waals surface area (Å²) in [6, 6.07) is 0. The van der Waals surface area contributed by atoms with Gasteiger partial charge in [0.05, 0.1) is 11.3 Å². The molecule has 0 radical (unpaired) electrons. The number of H-pyrrole nitrogens is 1. The van der Waals surface area contributed by atoms with Crippen molar-refractivity contribution in [3.8, 4) is 0 Å². The zero-order valence-electron chi connectivity index (χ0n) is 8.55. The third kappa shape index (κ3) is 0.973. The molecule has 0 spiro atoms. The molecule has 15 heavy (non-hydrogen) atoms. The number of nitrogens with one attached hydrogen (secondary N) is 2. The number of fused-ring (bicyclic) bond motifs is 1. The van der Waals surface area contributed by atoms with Crippen molar-refractivity contribution < 1.29 is 9.53 Å². The molecule has 1 aromatic rings. The number of hydrogen-bond donors (Lipinski definition) is 2. The molecule has 0 fully saturated rings. The van der Waals surface area contributed by atoms with Gasteiger partial charge in [-0.05, 0) is 6.92 Å². The van der Waals surface area contributed by atoms with E-state index in [1.54, 1.807) is 0 Å². The number of hydrogen-bond acceptors (Lipinski definition) is 4. The highest BCUT2D eigenvalue weighted by atomic mass is 16.5. The van der Waals surface area contributed by atoms with E-state index in [0.29, 0.717) is 6.61 Å². The normalized spacial score (nSPS) is 23.3. The van der Waals surface area contributed by atoms with Crippen LogP contribution in [0.3, 0.4) is 0 Å². The number of aromatic nitrogens is 2. The fraction of sp³-hybridized carbons (Fsp3) is 0.400. The van der Waals surface area contributed by atoms with Gasteiger partial charge in [0.25, 0.3) is 0 Å². The second-order valence-electron chi connectivity index (χ2n) is 3.93. The summed E-state index contributed by atoms with van der Waals surface area (Å²) < 4.78 is 5.00. The van der Waals surface area contributed by atoms with Crippen LogP contribution < -0.4 is 5.32 Å². The largest absolute Gasteiger partial charge is 0.456 e. The van der Waals surface area contributed by atoms with E-state index < -0.39 is 0 Å². The van der Waals surface area contributed by atoms with E-state index in [1.165, 1.54) is 0 Å². The van der Waals surface area contributed by atoms with Gasteiger partial charge in [-0.3, -0.25) is 5.10 Å². The Balaban J connectivity index is 2.15. The summed E-state index contributed by atoms with van der Waals surface area (Å²) in [6.07, 6.45) is 0. The van der Waals surface area contributed by atoms with Crippen LogP contribution >= 0.6 is 0 Å². The van der Waals surface area contributed by atoms with E-state index in [-0.39, 0.29) is 11.9 Å². The Morgan fingerprint density at radius 3 is 3.13 bits per heavy atom. The van der Waals surface area contributed by atoms with E-state index in [9.17, 15) is 4.79 Å². The lowest BCUT2D eigenvalue weighted by Crippen LogP contribution is -2.16. The molecule has 3 heterocycles. The molecule has 0 bridgehead atoms. The van der Waals surface area contributed by atoms with Crippen LogP contribution in [-0.2, 0) is 9.53 Å². The maximum Gasteiger partial charge on any atom is 0.336 e. The summed E-state index contributed by atoms with van der Waals surface area (Å²) in [5.41, 5.74) is 3.65. The monoisotopic (exact) mass is 205 g/mol. The SMILES string of the molecule is Cc1[nH]nc2c1[C@H](C)C1=C(COC1=O)N2. The number of rotatable bonds is 0. The molecule has 1 atom stereocenters. The molecule has 5 heteroatoms. The molecule has 78 valence electrons. The van der Waals surface area contributed by atoms with Gasteiger partial charge in [-0.1, -0.05) is 6.92 Å². The van der Waals surface area contributed by atoms with Gasteiger partial charge in [0.15, 0.2) is 5.82 Å². The Hall–Kier alpha value is -1.78. The van der Waals surface area contributed by atoms with E-state index in [1.807, 2.05) is 13.8 Å². The first-order chi connectivity index (χ1) is 7.18. The van der Waals surface area contributed by atoms with E-state index in [0.717, 1.165) is 28.3 Å². The van der Waals surface area contributed by atoms with Crippen LogP contribution in [-0.4, -0.2) is 22.8 Å². The number of esters is 1. The third-order valence-electron chi connectivity index (χ3n) is 3.02. The first-order valence-corrected chi connectivity index (χ1v) is 4.90. The van der Waals surface area contributed by atoms with Crippen molar-refractivity contribution in [1.82, 2.24) is 10.2 Å². The van der Waals surface area contributed by atoms with Gasteiger partial charge in [-0.2, -0.15) is 5.10 Å². The average Bonchev–Trinajstić information content (AvgIpc) is 2.73. The summed E-state index contributed by atoms with van der Waals surface area (Å²) in [6.45, 7) is 4.30. The average molecular weight is 205 g/mol. The van der Waals surface area contributed by atoms with Gasteiger partial charge in [0, 0.05) is 17.2 Å². The highest BCUT2D eigenvalue weighted by Gasteiger charge is 2.36. The van der Waals surface area contributed by atoms with Crippen molar-refractivity contribution in [2.45, 2.75) is 19.8 Å². The topological polar surface area (TPSA) is 67.0 Å². The Kier molecular flexibility index (Phi) is 1.49. The van der Waals surface area contributed by atoms with Crippen molar-refractivity contribution in [2.75, 3.05) is 11.9 Å². The summed E-state index contributed by atoms with van der Waals surface area (Å²) >= 11 is 0. The van der Waals surface area contributed by atoms with Crippen molar-refractivity contribution in [1.29, 1.82) is 0 Å². The summed E-state index contributed by atoms with van der Waals surface area (Å²) in [5.74, 6) is 0.665.